The number of amides is 1. The fraction of sp³-hybridized carbons (Fsp3) is 0.0526. The molecule has 3 aromatic rings. The van der Waals surface area contributed by atoms with Crippen LogP contribution in [0.4, 0.5) is 10.1 Å². The van der Waals surface area contributed by atoms with Crippen molar-refractivity contribution in [2.45, 2.75) is 0 Å². The summed E-state index contributed by atoms with van der Waals surface area (Å²) in [6, 6.07) is 13.3. The normalized spacial score (nSPS) is 16.1. The zero-order valence-corrected chi connectivity index (χ0v) is 17.8. The third-order valence-electron chi connectivity index (χ3n) is 4.10. The van der Waals surface area contributed by atoms with Gasteiger partial charge in [0, 0.05) is 17.3 Å². The monoisotopic (exact) mass is 461 g/mol. The molecular formula is C19H13ClFN5O2S2. The maximum atomic E-state index is 13.3. The first-order valence-corrected chi connectivity index (χ1v) is 10.8. The van der Waals surface area contributed by atoms with E-state index in [4.69, 9.17) is 11.6 Å². The smallest absolute Gasteiger partial charge is 0.276 e. The SMILES string of the molecule is CN1C(C(=O)Nc2ccc(F)c(Cl)c2)=CC(c2nnc(-c3ccccc3)s2)=N[S+]1[O-]. The molecule has 0 spiro atoms. The van der Waals surface area contributed by atoms with Gasteiger partial charge in [0.1, 0.15) is 10.8 Å². The Morgan fingerprint density at radius 3 is 2.67 bits per heavy atom. The van der Waals surface area contributed by atoms with Gasteiger partial charge >= 0.3 is 0 Å². The minimum atomic E-state index is -1.82. The molecule has 0 bridgehead atoms. The molecular weight excluding hydrogens is 449 g/mol. The molecule has 1 unspecified atom stereocenters. The molecule has 1 amide bonds. The van der Waals surface area contributed by atoms with Crippen LogP contribution in [0.15, 0.2) is 64.7 Å². The van der Waals surface area contributed by atoms with E-state index in [-0.39, 0.29) is 16.4 Å². The highest BCUT2D eigenvalue weighted by Crippen LogP contribution is 2.27. The number of nitrogens with zero attached hydrogens (tertiary/aromatic N) is 4. The van der Waals surface area contributed by atoms with Gasteiger partial charge in [-0.3, -0.25) is 4.79 Å². The molecule has 152 valence electrons. The molecule has 7 nitrogen and oxygen atoms in total. The zero-order valence-electron chi connectivity index (χ0n) is 15.4. The van der Waals surface area contributed by atoms with Crippen molar-refractivity contribution in [2.24, 2.45) is 4.40 Å². The number of aromatic nitrogens is 2. The number of hydrogen-bond donors (Lipinski definition) is 1. The maximum Gasteiger partial charge on any atom is 0.276 e. The first-order valence-electron chi connectivity index (χ1n) is 8.54. The Kier molecular flexibility index (Phi) is 5.82. The number of carbonyl (C=O) groups excluding carboxylic acids is 1. The van der Waals surface area contributed by atoms with Gasteiger partial charge < -0.3 is 9.87 Å². The zero-order chi connectivity index (χ0) is 21.3. The number of rotatable bonds is 4. The van der Waals surface area contributed by atoms with Gasteiger partial charge in [0.2, 0.25) is 11.5 Å². The molecule has 0 saturated carbocycles. The third-order valence-corrected chi connectivity index (χ3v) is 6.40. The third kappa shape index (κ3) is 4.21. The highest BCUT2D eigenvalue weighted by atomic mass is 35.5. The van der Waals surface area contributed by atoms with Crippen molar-refractivity contribution >= 4 is 51.8 Å². The average molecular weight is 462 g/mol. The summed E-state index contributed by atoms with van der Waals surface area (Å²) in [6.07, 6.45) is 1.48. The topological polar surface area (TPSA) is 93.5 Å². The van der Waals surface area contributed by atoms with Gasteiger partial charge in [-0.25, -0.2) is 4.39 Å². The number of benzene rings is 2. The predicted octanol–water partition coefficient (Wildman–Crippen LogP) is 3.83. The predicted molar refractivity (Wildman–Crippen MR) is 116 cm³/mol. The van der Waals surface area contributed by atoms with Gasteiger partial charge in [-0.15, -0.1) is 10.2 Å². The fourth-order valence-electron chi connectivity index (χ4n) is 2.58. The molecule has 1 atom stereocenters. The molecule has 1 aliphatic rings. The Morgan fingerprint density at radius 2 is 1.93 bits per heavy atom. The number of carbonyl (C=O) groups is 1. The summed E-state index contributed by atoms with van der Waals surface area (Å²) in [7, 11) is 1.48. The Balaban J connectivity index is 1.61. The summed E-state index contributed by atoms with van der Waals surface area (Å²) >= 11 is 5.21. The minimum absolute atomic E-state index is 0.107. The molecule has 0 radical (unpaired) electrons. The van der Waals surface area contributed by atoms with Crippen molar-refractivity contribution in [3.05, 3.63) is 76.2 Å². The summed E-state index contributed by atoms with van der Waals surface area (Å²) in [5.74, 6) is -1.14. The van der Waals surface area contributed by atoms with E-state index in [1.807, 2.05) is 30.3 Å². The van der Waals surface area contributed by atoms with Crippen LogP contribution in [0.1, 0.15) is 5.01 Å². The molecule has 11 heteroatoms. The van der Waals surface area contributed by atoms with Crippen LogP contribution in [0.25, 0.3) is 10.6 Å². The molecule has 30 heavy (non-hydrogen) atoms. The van der Waals surface area contributed by atoms with Crippen LogP contribution < -0.4 is 5.32 Å². The second-order valence-corrected chi connectivity index (χ2v) is 8.67. The molecule has 1 aromatic heterocycles. The molecule has 0 saturated heterocycles. The Bertz CT molecular complexity index is 1170. The molecule has 0 aliphatic carbocycles. The lowest BCUT2D eigenvalue weighted by atomic mass is 10.2. The van der Waals surface area contributed by atoms with Gasteiger partial charge in [-0.1, -0.05) is 53.3 Å². The summed E-state index contributed by atoms with van der Waals surface area (Å²) in [6.45, 7) is 0. The maximum absolute atomic E-state index is 13.3. The molecule has 1 N–H and O–H groups in total. The van der Waals surface area contributed by atoms with Crippen molar-refractivity contribution in [3.63, 3.8) is 0 Å². The molecule has 4 rings (SSSR count). The first-order chi connectivity index (χ1) is 14.4. The van der Waals surface area contributed by atoms with E-state index in [1.54, 1.807) is 0 Å². The van der Waals surface area contributed by atoms with Crippen molar-refractivity contribution in [3.8, 4) is 10.6 Å². The van der Waals surface area contributed by atoms with Crippen LogP contribution in [0.2, 0.25) is 5.02 Å². The highest BCUT2D eigenvalue weighted by Gasteiger charge is 2.31. The van der Waals surface area contributed by atoms with Gasteiger partial charge in [-0.2, -0.15) is 4.31 Å². The Hall–Kier alpha value is -2.79. The number of hydrogen-bond acceptors (Lipinski definition) is 7. The quantitative estimate of drug-likeness (QED) is 0.596. The van der Waals surface area contributed by atoms with Gasteiger partial charge in [-0.05, 0) is 22.6 Å². The van der Waals surface area contributed by atoms with Crippen LogP contribution >= 0.6 is 22.9 Å². The van der Waals surface area contributed by atoms with E-state index in [9.17, 15) is 13.7 Å². The van der Waals surface area contributed by atoms with E-state index >= 15 is 0 Å². The number of nitrogens with one attached hydrogen (secondary N) is 1. The average Bonchev–Trinajstić information content (AvgIpc) is 3.23. The van der Waals surface area contributed by atoms with E-state index in [0.717, 1.165) is 11.6 Å². The van der Waals surface area contributed by atoms with E-state index < -0.39 is 23.3 Å². The van der Waals surface area contributed by atoms with E-state index in [1.165, 1.54) is 40.9 Å². The molecule has 1 aliphatic heterocycles. The Labute approximate surface area is 183 Å². The number of likely N-dealkylation sites (N-methyl/N-ethyl adjacent to an activating group) is 1. The lowest BCUT2D eigenvalue weighted by molar-refractivity contribution is -0.113. The number of allylic oxidation sites excluding steroid dienone is 1. The lowest BCUT2D eigenvalue weighted by Gasteiger charge is -2.22. The van der Waals surface area contributed by atoms with Crippen molar-refractivity contribution in [1.82, 2.24) is 14.5 Å². The number of halogens is 2. The summed E-state index contributed by atoms with van der Waals surface area (Å²) in [4.78, 5) is 12.7. The van der Waals surface area contributed by atoms with Crippen LogP contribution in [0.3, 0.4) is 0 Å². The van der Waals surface area contributed by atoms with Gasteiger partial charge in [0.25, 0.3) is 5.91 Å². The summed E-state index contributed by atoms with van der Waals surface area (Å²) in [5.41, 5.74) is 1.59. The van der Waals surface area contributed by atoms with Crippen molar-refractivity contribution in [1.29, 1.82) is 0 Å². The van der Waals surface area contributed by atoms with E-state index in [2.05, 4.69) is 19.9 Å². The molecule has 2 heterocycles. The Morgan fingerprint density at radius 1 is 1.20 bits per heavy atom. The van der Waals surface area contributed by atoms with Crippen molar-refractivity contribution < 1.29 is 13.7 Å². The minimum Gasteiger partial charge on any atom is -0.566 e. The standard InChI is InChI=1S/C19H13ClFN5O2S2/c1-26-16(17(27)22-12-7-8-14(21)13(20)9-12)10-15(25-30(26)28)19-24-23-18(29-19)11-5-3-2-4-6-11/h2-10H,1H3,(H,22,27). The van der Waals surface area contributed by atoms with Gasteiger partial charge in [0.15, 0.2) is 16.4 Å². The fourth-order valence-corrected chi connectivity index (χ4v) is 4.36. The summed E-state index contributed by atoms with van der Waals surface area (Å²) < 4.78 is 31.1. The number of anilines is 1. The second-order valence-electron chi connectivity index (χ2n) is 6.10. The largest absolute Gasteiger partial charge is 0.566 e. The van der Waals surface area contributed by atoms with Crippen LogP contribution in [0, 0.1) is 5.82 Å². The molecule has 2 aromatic carbocycles. The molecule has 0 fully saturated rings. The second kappa shape index (κ2) is 8.52. The van der Waals surface area contributed by atoms with Crippen molar-refractivity contribution in [2.75, 3.05) is 12.4 Å². The lowest BCUT2D eigenvalue weighted by Crippen LogP contribution is -2.35. The van der Waals surface area contributed by atoms with Gasteiger partial charge in [0.05, 0.1) is 12.1 Å². The van der Waals surface area contributed by atoms with E-state index in [0.29, 0.717) is 15.7 Å². The highest BCUT2D eigenvalue weighted by molar-refractivity contribution is 7.88. The van der Waals surface area contributed by atoms with Crippen LogP contribution in [-0.2, 0) is 16.3 Å². The van der Waals surface area contributed by atoms with Crippen LogP contribution in [-0.4, -0.2) is 37.7 Å². The van der Waals surface area contributed by atoms with Crippen LogP contribution in [0.5, 0.6) is 0 Å². The summed E-state index contributed by atoms with van der Waals surface area (Å²) in [5, 5.41) is 11.9. The first kappa shape index (κ1) is 20.5.